The lowest BCUT2D eigenvalue weighted by Crippen LogP contribution is -2.52. The number of piperidine rings is 1. The number of aliphatic hydroxyl groups is 2. The molecule has 2 heterocycles. The highest BCUT2D eigenvalue weighted by molar-refractivity contribution is 5.95. The number of nitrogens with zero attached hydrogens (tertiary/aromatic N) is 1. The van der Waals surface area contributed by atoms with E-state index >= 15 is 0 Å². The van der Waals surface area contributed by atoms with Crippen molar-refractivity contribution in [1.82, 2.24) is 15.6 Å². The van der Waals surface area contributed by atoms with E-state index in [0.29, 0.717) is 24.1 Å². The van der Waals surface area contributed by atoms with Gasteiger partial charge in [0.05, 0.1) is 17.7 Å². The molecule has 1 aromatic carbocycles. The third-order valence-electron chi connectivity index (χ3n) is 4.67. The van der Waals surface area contributed by atoms with E-state index in [-0.39, 0.29) is 11.9 Å². The minimum atomic E-state index is -0.983. The fourth-order valence-corrected chi connectivity index (χ4v) is 3.03. The van der Waals surface area contributed by atoms with Crippen LogP contribution in [0.1, 0.15) is 36.2 Å². The van der Waals surface area contributed by atoms with E-state index in [4.69, 9.17) is 0 Å². The van der Waals surface area contributed by atoms with Crippen LogP contribution in [-0.4, -0.2) is 46.3 Å². The molecule has 0 radical (unpaired) electrons. The summed E-state index contributed by atoms with van der Waals surface area (Å²) >= 11 is 0. The maximum absolute atomic E-state index is 12.6. The Morgan fingerprint density at radius 3 is 2.81 bits per heavy atom. The summed E-state index contributed by atoms with van der Waals surface area (Å²) in [5.41, 5.74) is 1.94. The molecule has 1 aliphatic rings. The number of aliphatic hydroxyl groups excluding tert-OH is 1. The Hall–Kier alpha value is -2.28. The topological polar surface area (TPSA) is 94.5 Å². The normalized spacial score (nSPS) is 20.6. The molecule has 26 heavy (non-hydrogen) atoms. The second kappa shape index (κ2) is 7.53. The van der Waals surface area contributed by atoms with Crippen LogP contribution in [0.3, 0.4) is 0 Å². The Bertz CT molecular complexity index is 786. The molecule has 2 atom stereocenters. The Kier molecular flexibility index (Phi) is 5.36. The largest absolute Gasteiger partial charge is 0.390 e. The van der Waals surface area contributed by atoms with Crippen molar-refractivity contribution in [2.45, 2.75) is 38.0 Å². The lowest BCUT2D eigenvalue weighted by Gasteiger charge is -2.29. The van der Waals surface area contributed by atoms with Gasteiger partial charge in [0.15, 0.2) is 0 Å². The lowest BCUT2D eigenvalue weighted by molar-refractivity contribution is 0.0764. The molecule has 2 aromatic rings. The highest BCUT2D eigenvalue weighted by Gasteiger charge is 2.24. The third kappa shape index (κ3) is 4.27. The number of hydrogen-bond donors (Lipinski definition) is 4. The summed E-state index contributed by atoms with van der Waals surface area (Å²) in [4.78, 5) is 16.8. The van der Waals surface area contributed by atoms with E-state index < -0.39 is 11.7 Å². The van der Waals surface area contributed by atoms with E-state index in [1.54, 1.807) is 38.4 Å². The molecule has 1 amide bonds. The van der Waals surface area contributed by atoms with Gasteiger partial charge < -0.3 is 20.8 Å². The van der Waals surface area contributed by atoms with Crippen LogP contribution in [-0.2, 0) is 5.60 Å². The van der Waals surface area contributed by atoms with Gasteiger partial charge in [0.25, 0.3) is 5.91 Å². The number of benzene rings is 1. The summed E-state index contributed by atoms with van der Waals surface area (Å²) in [6.07, 6.45) is 3.47. The maximum Gasteiger partial charge on any atom is 0.251 e. The van der Waals surface area contributed by atoms with Gasteiger partial charge in [0, 0.05) is 35.6 Å². The van der Waals surface area contributed by atoms with Crippen molar-refractivity contribution in [3.63, 3.8) is 0 Å². The summed E-state index contributed by atoms with van der Waals surface area (Å²) in [5.74, 6) is -0.204. The van der Waals surface area contributed by atoms with Crippen LogP contribution in [0.5, 0.6) is 0 Å². The fraction of sp³-hybridized carbons (Fsp3) is 0.400. The fourth-order valence-electron chi connectivity index (χ4n) is 3.03. The first-order valence-electron chi connectivity index (χ1n) is 8.82. The summed E-state index contributed by atoms with van der Waals surface area (Å²) in [7, 11) is 0. The summed E-state index contributed by atoms with van der Waals surface area (Å²) in [6, 6.07) is 8.91. The molecular formula is C20H25N3O3. The van der Waals surface area contributed by atoms with Crippen molar-refractivity contribution in [2.75, 3.05) is 13.1 Å². The molecule has 0 spiro atoms. The van der Waals surface area contributed by atoms with Crippen molar-refractivity contribution >= 4 is 5.91 Å². The minimum absolute atomic E-state index is 0.204. The minimum Gasteiger partial charge on any atom is -0.390 e. The Morgan fingerprint density at radius 1 is 1.27 bits per heavy atom. The molecule has 1 saturated heterocycles. The SMILES string of the molecule is CC(C)(O)c1cncc(-c2cccc(C(=O)NC3CCNCC3O)c2)c1. The van der Waals surface area contributed by atoms with E-state index in [2.05, 4.69) is 15.6 Å². The van der Waals surface area contributed by atoms with Crippen molar-refractivity contribution in [3.05, 3.63) is 53.9 Å². The molecule has 6 nitrogen and oxygen atoms in total. The van der Waals surface area contributed by atoms with Gasteiger partial charge in [-0.3, -0.25) is 9.78 Å². The number of aromatic nitrogens is 1. The summed E-state index contributed by atoms with van der Waals surface area (Å²) < 4.78 is 0. The molecule has 1 aliphatic heterocycles. The number of hydrogen-bond acceptors (Lipinski definition) is 5. The van der Waals surface area contributed by atoms with Crippen LogP contribution < -0.4 is 10.6 Å². The number of carbonyl (C=O) groups excluding carboxylic acids is 1. The zero-order valence-corrected chi connectivity index (χ0v) is 15.1. The van der Waals surface area contributed by atoms with Gasteiger partial charge in [-0.05, 0) is 50.6 Å². The molecule has 138 valence electrons. The van der Waals surface area contributed by atoms with E-state index in [1.807, 2.05) is 18.2 Å². The zero-order valence-electron chi connectivity index (χ0n) is 15.1. The van der Waals surface area contributed by atoms with Gasteiger partial charge in [-0.2, -0.15) is 0 Å². The van der Waals surface area contributed by atoms with Crippen LogP contribution in [0.4, 0.5) is 0 Å². The van der Waals surface area contributed by atoms with E-state index in [9.17, 15) is 15.0 Å². The number of β-amino-alcohol motifs (C(OH)–C–C–N with tert-alkyl or cyclic N) is 1. The number of amides is 1. The highest BCUT2D eigenvalue weighted by Crippen LogP contribution is 2.25. The standard InChI is InChI=1S/C20H25N3O3/c1-20(2,26)16-9-15(10-22-11-16)13-4-3-5-14(8-13)19(25)23-17-6-7-21-12-18(17)24/h3-5,8-11,17-18,21,24,26H,6-7,12H2,1-2H3,(H,23,25). The Morgan fingerprint density at radius 2 is 2.08 bits per heavy atom. The number of carbonyl (C=O) groups is 1. The third-order valence-corrected chi connectivity index (χ3v) is 4.67. The maximum atomic E-state index is 12.6. The predicted molar refractivity (Wildman–Crippen MR) is 99.7 cm³/mol. The lowest BCUT2D eigenvalue weighted by atomic mass is 9.96. The molecular weight excluding hydrogens is 330 g/mol. The highest BCUT2D eigenvalue weighted by atomic mass is 16.3. The first kappa shape index (κ1) is 18.5. The van der Waals surface area contributed by atoms with Crippen LogP contribution in [0, 0.1) is 0 Å². The van der Waals surface area contributed by atoms with Gasteiger partial charge in [0.2, 0.25) is 0 Å². The first-order valence-corrected chi connectivity index (χ1v) is 8.82. The number of nitrogens with one attached hydrogen (secondary N) is 2. The molecule has 1 aromatic heterocycles. The van der Waals surface area contributed by atoms with E-state index in [0.717, 1.165) is 17.7 Å². The molecule has 0 bridgehead atoms. The van der Waals surface area contributed by atoms with Crippen LogP contribution >= 0.6 is 0 Å². The Labute approximate surface area is 153 Å². The molecule has 4 N–H and O–H groups in total. The molecule has 6 heteroatoms. The monoisotopic (exact) mass is 355 g/mol. The second-order valence-corrected chi connectivity index (χ2v) is 7.24. The van der Waals surface area contributed by atoms with Crippen LogP contribution in [0.15, 0.2) is 42.7 Å². The smallest absolute Gasteiger partial charge is 0.251 e. The van der Waals surface area contributed by atoms with Gasteiger partial charge in [-0.1, -0.05) is 12.1 Å². The average molecular weight is 355 g/mol. The van der Waals surface area contributed by atoms with Gasteiger partial charge in [0.1, 0.15) is 0 Å². The number of pyridine rings is 1. The predicted octanol–water partition coefficient (Wildman–Crippen LogP) is 1.43. The van der Waals surface area contributed by atoms with Gasteiger partial charge >= 0.3 is 0 Å². The molecule has 2 unspecified atom stereocenters. The van der Waals surface area contributed by atoms with Gasteiger partial charge in [-0.25, -0.2) is 0 Å². The van der Waals surface area contributed by atoms with Crippen LogP contribution in [0.2, 0.25) is 0 Å². The molecule has 0 aliphatic carbocycles. The molecule has 1 fully saturated rings. The van der Waals surface area contributed by atoms with Crippen molar-refractivity contribution in [3.8, 4) is 11.1 Å². The average Bonchev–Trinajstić information content (AvgIpc) is 2.63. The zero-order chi connectivity index (χ0) is 18.7. The van der Waals surface area contributed by atoms with Crippen molar-refractivity contribution in [1.29, 1.82) is 0 Å². The first-order chi connectivity index (χ1) is 12.3. The summed E-state index contributed by atoms with van der Waals surface area (Å²) in [5, 5.41) is 26.2. The quantitative estimate of drug-likeness (QED) is 0.666. The molecule has 3 rings (SSSR count). The van der Waals surface area contributed by atoms with Crippen molar-refractivity contribution < 1.29 is 15.0 Å². The van der Waals surface area contributed by atoms with Crippen molar-refractivity contribution in [2.24, 2.45) is 0 Å². The summed E-state index contributed by atoms with van der Waals surface area (Å²) in [6.45, 7) is 4.68. The van der Waals surface area contributed by atoms with Gasteiger partial charge in [-0.15, -0.1) is 0 Å². The second-order valence-electron chi connectivity index (χ2n) is 7.24. The molecule has 0 saturated carbocycles. The Balaban J connectivity index is 1.81. The van der Waals surface area contributed by atoms with Crippen LogP contribution in [0.25, 0.3) is 11.1 Å². The number of rotatable bonds is 4. The van der Waals surface area contributed by atoms with E-state index in [1.165, 1.54) is 0 Å².